The summed E-state index contributed by atoms with van der Waals surface area (Å²) in [4.78, 5) is 16.0. The highest BCUT2D eigenvalue weighted by Gasteiger charge is 2.25. The zero-order valence-corrected chi connectivity index (χ0v) is 19.6. The molecule has 0 N–H and O–H groups in total. The van der Waals surface area contributed by atoms with E-state index in [4.69, 9.17) is 14.6 Å². The lowest BCUT2D eigenvalue weighted by Crippen LogP contribution is -2.36. The van der Waals surface area contributed by atoms with Crippen LogP contribution in [0.5, 0.6) is 5.75 Å². The minimum absolute atomic E-state index is 0.198. The summed E-state index contributed by atoms with van der Waals surface area (Å²) in [6, 6.07) is 8.38. The van der Waals surface area contributed by atoms with E-state index in [-0.39, 0.29) is 6.10 Å². The topological polar surface area (TPSA) is 78.2 Å². The zero-order chi connectivity index (χ0) is 22.9. The summed E-state index contributed by atoms with van der Waals surface area (Å²) in [7, 11) is 1.97. The Morgan fingerprint density at radius 3 is 2.68 bits per heavy atom. The lowest BCUT2D eigenvalue weighted by atomic mass is 9.84. The molecular weight excluding hydrogens is 428 g/mol. The molecule has 1 aromatic carbocycles. The van der Waals surface area contributed by atoms with E-state index in [1.54, 1.807) is 12.4 Å². The van der Waals surface area contributed by atoms with Gasteiger partial charge in [-0.15, -0.1) is 0 Å². The number of rotatable bonds is 5. The first-order valence-electron chi connectivity index (χ1n) is 12.3. The number of anilines is 1. The van der Waals surface area contributed by atoms with Gasteiger partial charge < -0.3 is 14.4 Å². The number of nitrogens with zero attached hydrogens (tertiary/aromatic N) is 6. The highest BCUT2D eigenvalue weighted by molar-refractivity contribution is 5.85. The van der Waals surface area contributed by atoms with Crippen molar-refractivity contribution in [1.29, 1.82) is 0 Å². The Labute approximate surface area is 198 Å². The maximum atomic E-state index is 6.58. The number of aromatic nitrogens is 5. The van der Waals surface area contributed by atoms with E-state index in [1.807, 2.05) is 24.0 Å². The summed E-state index contributed by atoms with van der Waals surface area (Å²) >= 11 is 0. The Morgan fingerprint density at radius 1 is 1.00 bits per heavy atom. The molecule has 4 aromatic rings. The predicted molar refractivity (Wildman–Crippen MR) is 131 cm³/mol. The van der Waals surface area contributed by atoms with Crippen molar-refractivity contribution in [3.8, 4) is 5.75 Å². The van der Waals surface area contributed by atoms with E-state index >= 15 is 0 Å². The second kappa shape index (κ2) is 9.18. The van der Waals surface area contributed by atoms with Crippen molar-refractivity contribution < 1.29 is 9.47 Å². The van der Waals surface area contributed by atoms with Crippen LogP contribution in [-0.2, 0) is 18.2 Å². The largest absolute Gasteiger partial charge is 0.488 e. The molecule has 1 aliphatic carbocycles. The van der Waals surface area contributed by atoms with Crippen LogP contribution in [0.4, 0.5) is 5.69 Å². The Bertz CT molecular complexity index is 1290. The molecule has 6 rings (SSSR count). The van der Waals surface area contributed by atoms with Crippen LogP contribution in [0.25, 0.3) is 22.1 Å². The Kier molecular flexibility index (Phi) is 5.74. The lowest BCUT2D eigenvalue weighted by Gasteiger charge is -2.31. The molecule has 0 unspecified atom stereocenters. The maximum absolute atomic E-state index is 6.58. The van der Waals surface area contributed by atoms with Crippen molar-refractivity contribution in [3.63, 3.8) is 0 Å². The van der Waals surface area contributed by atoms with Crippen LogP contribution in [-0.4, -0.2) is 57.1 Å². The molecule has 2 aliphatic rings. The summed E-state index contributed by atoms with van der Waals surface area (Å²) in [5.41, 5.74) is 4.98. The molecule has 2 fully saturated rings. The Morgan fingerprint density at radius 2 is 1.82 bits per heavy atom. The standard InChI is InChI=1S/C26H30N6O2/c1-31-26-21(3-2-8-29-26)22(30-31)15-18-4-6-20(7-5-18)34-24-17-19(32-11-13-33-14-12-32)16-23-25(24)28-10-9-27-23/h2-3,8-10,16-18,20H,4-7,11-15H2,1H3. The number of hydrogen-bond donors (Lipinski definition) is 0. The highest BCUT2D eigenvalue weighted by atomic mass is 16.5. The van der Waals surface area contributed by atoms with E-state index in [1.165, 1.54) is 5.39 Å². The van der Waals surface area contributed by atoms with Crippen LogP contribution < -0.4 is 9.64 Å². The van der Waals surface area contributed by atoms with Crippen molar-refractivity contribution in [3.05, 3.63) is 48.5 Å². The normalized spacial score (nSPS) is 21.3. The molecule has 0 atom stereocenters. The highest BCUT2D eigenvalue weighted by Crippen LogP contribution is 2.35. The van der Waals surface area contributed by atoms with E-state index in [2.05, 4.69) is 38.1 Å². The summed E-state index contributed by atoms with van der Waals surface area (Å²) in [5, 5.41) is 5.93. The first kappa shape index (κ1) is 21.3. The SMILES string of the molecule is Cn1nc(CC2CCC(Oc3cc(N4CCOCC4)cc4nccnc34)CC2)c2cccnc21. The van der Waals surface area contributed by atoms with Crippen molar-refractivity contribution in [2.24, 2.45) is 13.0 Å². The van der Waals surface area contributed by atoms with Gasteiger partial charge in [0.25, 0.3) is 0 Å². The molecule has 0 radical (unpaired) electrons. The quantitative estimate of drug-likeness (QED) is 0.448. The fourth-order valence-electron chi connectivity index (χ4n) is 5.34. The molecule has 0 amide bonds. The average molecular weight is 459 g/mol. The fourth-order valence-corrected chi connectivity index (χ4v) is 5.34. The first-order valence-corrected chi connectivity index (χ1v) is 12.3. The molecular formula is C26H30N6O2. The predicted octanol–water partition coefficient (Wildman–Crippen LogP) is 3.93. The van der Waals surface area contributed by atoms with Gasteiger partial charge in [0.05, 0.1) is 30.5 Å². The third-order valence-electron chi connectivity index (χ3n) is 7.14. The minimum Gasteiger partial charge on any atom is -0.488 e. The van der Waals surface area contributed by atoms with Crippen molar-refractivity contribution in [1.82, 2.24) is 24.7 Å². The van der Waals surface area contributed by atoms with Gasteiger partial charge in [-0.05, 0) is 56.2 Å². The number of aryl methyl sites for hydroxylation is 1. The van der Waals surface area contributed by atoms with Crippen LogP contribution >= 0.6 is 0 Å². The summed E-state index contributed by atoms with van der Waals surface area (Å²) in [6.07, 6.45) is 10.9. The monoisotopic (exact) mass is 458 g/mol. The number of ether oxygens (including phenoxy) is 2. The third kappa shape index (κ3) is 4.18. The number of morpholine rings is 1. The number of benzene rings is 1. The number of pyridine rings is 1. The molecule has 8 nitrogen and oxygen atoms in total. The van der Waals surface area contributed by atoms with Crippen LogP contribution in [0.1, 0.15) is 31.4 Å². The molecule has 34 heavy (non-hydrogen) atoms. The molecule has 4 heterocycles. The van der Waals surface area contributed by atoms with E-state index in [0.717, 1.165) is 92.2 Å². The van der Waals surface area contributed by atoms with Gasteiger partial charge in [0.2, 0.25) is 0 Å². The Balaban J connectivity index is 1.16. The summed E-state index contributed by atoms with van der Waals surface area (Å²) < 4.78 is 14.0. The second-order valence-electron chi connectivity index (χ2n) is 9.38. The van der Waals surface area contributed by atoms with Crippen LogP contribution in [0.2, 0.25) is 0 Å². The van der Waals surface area contributed by atoms with Gasteiger partial charge in [0, 0.05) is 55.9 Å². The van der Waals surface area contributed by atoms with Gasteiger partial charge >= 0.3 is 0 Å². The summed E-state index contributed by atoms with van der Waals surface area (Å²) in [5.74, 6) is 1.46. The first-order chi connectivity index (χ1) is 16.7. The van der Waals surface area contributed by atoms with E-state index < -0.39 is 0 Å². The second-order valence-corrected chi connectivity index (χ2v) is 9.38. The van der Waals surface area contributed by atoms with Gasteiger partial charge in [-0.25, -0.2) is 9.97 Å². The fraction of sp³-hybridized carbons (Fsp3) is 0.462. The average Bonchev–Trinajstić information content (AvgIpc) is 3.21. The number of hydrogen-bond acceptors (Lipinski definition) is 7. The summed E-state index contributed by atoms with van der Waals surface area (Å²) in [6.45, 7) is 3.27. The molecule has 3 aromatic heterocycles. The maximum Gasteiger partial charge on any atom is 0.157 e. The van der Waals surface area contributed by atoms with E-state index in [9.17, 15) is 0 Å². The minimum atomic E-state index is 0.198. The molecule has 1 aliphatic heterocycles. The van der Waals surface area contributed by atoms with Gasteiger partial charge in [-0.1, -0.05) is 0 Å². The van der Waals surface area contributed by atoms with E-state index in [0.29, 0.717) is 5.92 Å². The van der Waals surface area contributed by atoms with Crippen molar-refractivity contribution in [2.45, 2.75) is 38.2 Å². The zero-order valence-electron chi connectivity index (χ0n) is 19.6. The molecule has 176 valence electrons. The van der Waals surface area contributed by atoms with Crippen LogP contribution in [0.15, 0.2) is 42.9 Å². The van der Waals surface area contributed by atoms with Crippen LogP contribution in [0, 0.1) is 5.92 Å². The third-order valence-corrected chi connectivity index (χ3v) is 7.14. The van der Waals surface area contributed by atoms with Gasteiger partial charge in [0.1, 0.15) is 11.3 Å². The molecule has 8 heteroatoms. The lowest BCUT2D eigenvalue weighted by molar-refractivity contribution is 0.122. The molecule has 0 spiro atoms. The Hall–Kier alpha value is -3.26. The van der Waals surface area contributed by atoms with Crippen LogP contribution in [0.3, 0.4) is 0 Å². The van der Waals surface area contributed by atoms with Gasteiger partial charge in [0.15, 0.2) is 5.65 Å². The van der Waals surface area contributed by atoms with Crippen molar-refractivity contribution in [2.75, 3.05) is 31.2 Å². The van der Waals surface area contributed by atoms with Gasteiger partial charge in [-0.3, -0.25) is 9.67 Å². The van der Waals surface area contributed by atoms with Crippen molar-refractivity contribution >= 4 is 27.8 Å². The molecule has 1 saturated carbocycles. The number of fused-ring (bicyclic) bond motifs is 2. The van der Waals surface area contributed by atoms with Gasteiger partial charge in [-0.2, -0.15) is 5.10 Å². The molecule has 0 bridgehead atoms. The molecule has 1 saturated heterocycles. The smallest absolute Gasteiger partial charge is 0.157 e.